The first-order valence-corrected chi connectivity index (χ1v) is 10.8. The molecule has 0 radical (unpaired) electrons. The maximum atomic E-state index is 13.9. The van der Waals surface area contributed by atoms with Gasteiger partial charge in [0, 0.05) is 11.6 Å². The summed E-state index contributed by atoms with van der Waals surface area (Å²) < 4.78 is 37.0. The number of amides is 3. The van der Waals surface area contributed by atoms with Crippen LogP contribution in [0.25, 0.3) is 0 Å². The van der Waals surface area contributed by atoms with Crippen LogP contribution in [0.1, 0.15) is 48.0 Å². The van der Waals surface area contributed by atoms with E-state index in [9.17, 15) is 18.4 Å². The second-order valence-corrected chi connectivity index (χ2v) is 7.84. The molecule has 0 saturated carbocycles. The number of benzene rings is 1. The van der Waals surface area contributed by atoms with E-state index in [4.69, 9.17) is 27.8 Å². The molecule has 0 saturated heterocycles. The molecular weight excluding hydrogens is 452 g/mol. The van der Waals surface area contributed by atoms with E-state index in [0.29, 0.717) is 13.1 Å². The van der Waals surface area contributed by atoms with Gasteiger partial charge in [0.25, 0.3) is 5.91 Å². The SMILES string of the molecule is NCCCCCCCNC(=O)Nc1snc(OCc2c(F)cc(Cl)cc2F)c1C(N)=O. The van der Waals surface area contributed by atoms with Crippen LogP contribution >= 0.6 is 23.1 Å². The standard InChI is InChI=1S/C19H24ClF2N5O3S/c20-11-8-13(21)12(14(22)9-11)10-30-17-15(16(24)28)18(31-27-17)26-19(29)25-7-5-3-1-2-4-6-23/h8-9H,1-7,10,23H2,(H2,24,28)(H2,25,26,29). The predicted octanol–water partition coefficient (Wildman–Crippen LogP) is 3.78. The number of halogens is 3. The summed E-state index contributed by atoms with van der Waals surface area (Å²) in [4.78, 5) is 23.9. The molecule has 170 valence electrons. The van der Waals surface area contributed by atoms with E-state index in [1.54, 1.807) is 0 Å². The van der Waals surface area contributed by atoms with Crippen molar-refractivity contribution >= 4 is 40.1 Å². The zero-order valence-corrected chi connectivity index (χ0v) is 18.3. The van der Waals surface area contributed by atoms with Gasteiger partial charge < -0.3 is 21.5 Å². The number of nitrogens with two attached hydrogens (primary N) is 2. The highest BCUT2D eigenvalue weighted by molar-refractivity contribution is 7.11. The van der Waals surface area contributed by atoms with Crippen molar-refractivity contribution in [1.82, 2.24) is 9.69 Å². The summed E-state index contributed by atoms with van der Waals surface area (Å²) >= 11 is 6.35. The average molecular weight is 476 g/mol. The molecule has 0 aliphatic carbocycles. The lowest BCUT2D eigenvalue weighted by molar-refractivity contribution is 0.0996. The van der Waals surface area contributed by atoms with Crippen molar-refractivity contribution in [3.05, 3.63) is 39.9 Å². The Bertz CT molecular complexity index is 890. The number of hydrogen-bond acceptors (Lipinski definition) is 6. The second kappa shape index (κ2) is 12.4. The lowest BCUT2D eigenvalue weighted by Gasteiger charge is -2.09. The molecule has 0 atom stereocenters. The molecule has 0 spiro atoms. The molecule has 0 unspecified atom stereocenters. The van der Waals surface area contributed by atoms with Gasteiger partial charge in [-0.3, -0.25) is 10.1 Å². The lowest BCUT2D eigenvalue weighted by Crippen LogP contribution is -2.30. The molecule has 2 aromatic rings. The van der Waals surface area contributed by atoms with Gasteiger partial charge in [0.1, 0.15) is 28.8 Å². The van der Waals surface area contributed by atoms with Crippen molar-refractivity contribution in [3.63, 3.8) is 0 Å². The first kappa shape index (κ1) is 24.8. The minimum Gasteiger partial charge on any atom is -0.471 e. The van der Waals surface area contributed by atoms with E-state index in [2.05, 4.69) is 15.0 Å². The Labute approximate surface area is 187 Å². The molecule has 0 aliphatic rings. The van der Waals surface area contributed by atoms with Crippen molar-refractivity contribution in [1.29, 1.82) is 0 Å². The van der Waals surface area contributed by atoms with Crippen LogP contribution in [0.5, 0.6) is 5.88 Å². The monoisotopic (exact) mass is 475 g/mol. The fraction of sp³-hybridized carbons (Fsp3) is 0.421. The van der Waals surface area contributed by atoms with Crippen LogP contribution in [0, 0.1) is 11.6 Å². The van der Waals surface area contributed by atoms with Crippen LogP contribution in [-0.4, -0.2) is 29.4 Å². The van der Waals surface area contributed by atoms with Crippen molar-refractivity contribution < 1.29 is 23.1 Å². The van der Waals surface area contributed by atoms with Crippen LogP contribution < -0.4 is 26.8 Å². The van der Waals surface area contributed by atoms with Gasteiger partial charge in [-0.15, -0.1) is 0 Å². The molecule has 2 rings (SSSR count). The van der Waals surface area contributed by atoms with Crippen molar-refractivity contribution in [2.45, 2.75) is 38.7 Å². The number of nitrogens with one attached hydrogen (secondary N) is 2. The smallest absolute Gasteiger partial charge is 0.319 e. The molecule has 3 amide bonds. The van der Waals surface area contributed by atoms with Gasteiger partial charge in [0.05, 0.1) is 5.56 Å². The van der Waals surface area contributed by atoms with Gasteiger partial charge in [-0.2, -0.15) is 4.37 Å². The molecule has 31 heavy (non-hydrogen) atoms. The number of primary amides is 1. The Hall–Kier alpha value is -2.50. The number of carbonyl (C=O) groups excluding carboxylic acids is 2. The topological polar surface area (TPSA) is 132 Å². The molecule has 1 aromatic heterocycles. The fourth-order valence-electron chi connectivity index (χ4n) is 2.68. The van der Waals surface area contributed by atoms with E-state index >= 15 is 0 Å². The predicted molar refractivity (Wildman–Crippen MR) is 115 cm³/mol. The molecule has 0 bridgehead atoms. The van der Waals surface area contributed by atoms with Gasteiger partial charge in [-0.05, 0) is 43.1 Å². The van der Waals surface area contributed by atoms with Crippen LogP contribution in [0.15, 0.2) is 12.1 Å². The zero-order chi connectivity index (χ0) is 22.8. The quantitative estimate of drug-likeness (QED) is 0.347. The van der Waals surface area contributed by atoms with E-state index < -0.39 is 30.2 Å². The number of unbranched alkanes of at least 4 members (excludes halogenated alkanes) is 4. The maximum Gasteiger partial charge on any atom is 0.319 e. The van der Waals surface area contributed by atoms with E-state index in [0.717, 1.165) is 55.8 Å². The Morgan fingerprint density at radius 2 is 1.77 bits per heavy atom. The summed E-state index contributed by atoms with van der Waals surface area (Å²) in [6.07, 6.45) is 4.84. The molecule has 1 heterocycles. The molecule has 1 aromatic carbocycles. The van der Waals surface area contributed by atoms with Crippen LogP contribution in [0.4, 0.5) is 18.6 Å². The summed E-state index contributed by atoms with van der Waals surface area (Å²) in [6.45, 7) is 0.583. The van der Waals surface area contributed by atoms with E-state index in [1.807, 2.05) is 0 Å². The molecule has 12 heteroatoms. The number of aromatic nitrogens is 1. The third-order valence-electron chi connectivity index (χ3n) is 4.26. The zero-order valence-electron chi connectivity index (χ0n) is 16.7. The van der Waals surface area contributed by atoms with Crippen LogP contribution in [0.3, 0.4) is 0 Å². The fourth-order valence-corrected chi connectivity index (χ4v) is 3.60. The maximum absolute atomic E-state index is 13.9. The van der Waals surface area contributed by atoms with Crippen LogP contribution in [0.2, 0.25) is 5.02 Å². The van der Waals surface area contributed by atoms with Crippen molar-refractivity contribution in [3.8, 4) is 5.88 Å². The molecule has 8 nitrogen and oxygen atoms in total. The summed E-state index contributed by atoms with van der Waals surface area (Å²) in [6, 6.07) is 1.35. The summed E-state index contributed by atoms with van der Waals surface area (Å²) in [5.74, 6) is -2.94. The summed E-state index contributed by atoms with van der Waals surface area (Å²) in [7, 11) is 0. The Morgan fingerprint density at radius 1 is 1.13 bits per heavy atom. The highest BCUT2D eigenvalue weighted by Crippen LogP contribution is 2.31. The number of hydrogen-bond donors (Lipinski definition) is 4. The molecule has 0 aliphatic heterocycles. The van der Waals surface area contributed by atoms with Crippen molar-refractivity contribution in [2.75, 3.05) is 18.4 Å². The number of urea groups is 1. The first-order chi connectivity index (χ1) is 14.8. The van der Waals surface area contributed by atoms with Gasteiger partial charge in [-0.1, -0.05) is 30.9 Å². The average Bonchev–Trinajstić information content (AvgIpc) is 3.09. The number of carbonyl (C=O) groups is 2. The molecular formula is C19H24ClF2N5O3S. The van der Waals surface area contributed by atoms with Gasteiger partial charge in [0.2, 0.25) is 5.88 Å². The molecule has 6 N–H and O–H groups in total. The Kier molecular flexibility index (Phi) is 9.89. The molecule has 0 fully saturated rings. The largest absolute Gasteiger partial charge is 0.471 e. The Morgan fingerprint density at radius 3 is 2.42 bits per heavy atom. The highest BCUT2D eigenvalue weighted by atomic mass is 35.5. The normalized spacial score (nSPS) is 10.7. The lowest BCUT2D eigenvalue weighted by atomic mass is 10.1. The van der Waals surface area contributed by atoms with Crippen LogP contribution in [-0.2, 0) is 6.61 Å². The van der Waals surface area contributed by atoms with Gasteiger partial charge >= 0.3 is 6.03 Å². The minimum absolute atomic E-state index is 0.0694. The number of nitrogens with zero attached hydrogens (tertiary/aromatic N) is 1. The van der Waals surface area contributed by atoms with Gasteiger partial charge in [-0.25, -0.2) is 13.6 Å². The third-order valence-corrected chi connectivity index (χ3v) is 5.22. The third kappa shape index (κ3) is 7.60. The van der Waals surface area contributed by atoms with E-state index in [-0.39, 0.29) is 27.0 Å². The second-order valence-electron chi connectivity index (χ2n) is 6.63. The highest BCUT2D eigenvalue weighted by Gasteiger charge is 2.23. The van der Waals surface area contributed by atoms with Gasteiger partial charge in [0.15, 0.2) is 0 Å². The van der Waals surface area contributed by atoms with E-state index in [1.165, 1.54) is 0 Å². The Balaban J connectivity index is 1.93. The summed E-state index contributed by atoms with van der Waals surface area (Å²) in [5, 5.41) is 5.14. The first-order valence-electron chi connectivity index (χ1n) is 9.64. The number of anilines is 1. The minimum atomic E-state index is -0.906. The number of rotatable bonds is 12. The number of ether oxygens (including phenoxy) is 1. The van der Waals surface area contributed by atoms with Crippen molar-refractivity contribution in [2.24, 2.45) is 11.5 Å². The summed E-state index contributed by atoms with van der Waals surface area (Å²) in [5.41, 5.74) is 10.2.